The Morgan fingerprint density at radius 1 is 0.293 bits per heavy atom. The summed E-state index contributed by atoms with van der Waals surface area (Å²) < 4.78 is 0. The molecule has 0 aliphatic heterocycles. The number of benzene rings is 8. The van der Waals surface area contributed by atoms with Crippen LogP contribution in [0.4, 0.5) is 0 Å². The van der Waals surface area contributed by atoms with Crippen LogP contribution in [0.15, 0.2) is 230 Å². The zero-order valence-corrected chi connectivity index (χ0v) is 32.5. The van der Waals surface area contributed by atoms with E-state index in [-0.39, 0.29) is 0 Å². The van der Waals surface area contributed by atoms with Crippen LogP contribution in [0.1, 0.15) is 57.3 Å². The highest BCUT2D eigenvalue weighted by Gasteiger charge is 2.09. The van der Waals surface area contributed by atoms with E-state index in [4.69, 9.17) is 0 Å². The van der Waals surface area contributed by atoms with Crippen molar-refractivity contribution in [2.75, 3.05) is 0 Å². The second-order valence-electron chi connectivity index (χ2n) is 15.0. The van der Waals surface area contributed by atoms with Gasteiger partial charge in [0.1, 0.15) is 0 Å². The first-order valence-corrected chi connectivity index (χ1v) is 20.2. The molecule has 0 N–H and O–H groups in total. The molecule has 1 aliphatic carbocycles. The predicted octanol–water partition coefficient (Wildman–Crippen LogP) is 15.5. The lowest BCUT2D eigenvalue weighted by Crippen LogP contribution is -1.90. The third-order valence-corrected chi connectivity index (χ3v) is 11.0. The SMILES string of the molecule is C(=Cc1ccc(C=C(c2ccccc2)c2ccc3ccccc3c2)cc1)C1=CC=C(C=Cc2ccc(C=C(c3ccccc3)c3ccc4ccccc4c3)cc2)CC1. The summed E-state index contributed by atoms with van der Waals surface area (Å²) in [6, 6.07) is 69.7. The highest BCUT2D eigenvalue weighted by atomic mass is 14.1. The highest BCUT2D eigenvalue weighted by molar-refractivity contribution is 5.97. The number of allylic oxidation sites excluding steroid dienone is 6. The van der Waals surface area contributed by atoms with Gasteiger partial charge in [-0.05, 0) is 125 Å². The normalized spacial score (nSPS) is 13.7. The molecule has 58 heavy (non-hydrogen) atoms. The molecule has 9 rings (SSSR count). The maximum absolute atomic E-state index is 2.30. The Labute approximate surface area is 342 Å². The Kier molecular flexibility index (Phi) is 10.8. The summed E-state index contributed by atoms with van der Waals surface area (Å²) in [5, 5.41) is 5.02. The van der Waals surface area contributed by atoms with E-state index < -0.39 is 0 Å². The van der Waals surface area contributed by atoms with Crippen molar-refractivity contribution in [1.82, 2.24) is 0 Å². The summed E-state index contributed by atoms with van der Waals surface area (Å²) in [7, 11) is 0. The largest absolute Gasteiger partial charge is 0.0622 e. The summed E-state index contributed by atoms with van der Waals surface area (Å²) in [6.45, 7) is 0. The maximum Gasteiger partial charge on any atom is -0.0105 e. The van der Waals surface area contributed by atoms with Gasteiger partial charge in [0.25, 0.3) is 0 Å². The van der Waals surface area contributed by atoms with E-state index in [1.54, 1.807) is 0 Å². The molecule has 0 saturated carbocycles. The molecule has 0 fully saturated rings. The Morgan fingerprint density at radius 3 is 1.05 bits per heavy atom. The van der Waals surface area contributed by atoms with Crippen LogP contribution >= 0.6 is 0 Å². The van der Waals surface area contributed by atoms with Gasteiger partial charge < -0.3 is 0 Å². The molecule has 0 heterocycles. The van der Waals surface area contributed by atoms with Gasteiger partial charge >= 0.3 is 0 Å². The molecule has 0 atom stereocenters. The van der Waals surface area contributed by atoms with Gasteiger partial charge in [0.05, 0.1) is 0 Å². The van der Waals surface area contributed by atoms with Gasteiger partial charge in [-0.1, -0.05) is 218 Å². The quantitative estimate of drug-likeness (QED) is 0.123. The predicted molar refractivity (Wildman–Crippen MR) is 251 cm³/mol. The van der Waals surface area contributed by atoms with Crippen molar-refractivity contribution in [2.24, 2.45) is 0 Å². The molecule has 0 nitrogen and oxygen atoms in total. The van der Waals surface area contributed by atoms with E-state index in [1.807, 2.05) is 0 Å². The molecule has 8 aromatic rings. The first-order valence-electron chi connectivity index (χ1n) is 20.2. The fourth-order valence-electron chi connectivity index (χ4n) is 7.71. The minimum absolute atomic E-state index is 1.03. The van der Waals surface area contributed by atoms with Crippen LogP contribution in [0, 0.1) is 0 Å². The van der Waals surface area contributed by atoms with Gasteiger partial charge in [-0.15, -0.1) is 0 Å². The van der Waals surface area contributed by atoms with Gasteiger partial charge in [0.15, 0.2) is 0 Å². The van der Waals surface area contributed by atoms with Crippen molar-refractivity contribution >= 4 is 57.0 Å². The molecule has 276 valence electrons. The fraction of sp³-hybridized carbons (Fsp3) is 0.0345. The van der Waals surface area contributed by atoms with E-state index >= 15 is 0 Å². The third-order valence-electron chi connectivity index (χ3n) is 11.0. The zero-order chi connectivity index (χ0) is 38.9. The van der Waals surface area contributed by atoms with Gasteiger partial charge in [0.2, 0.25) is 0 Å². The van der Waals surface area contributed by atoms with Crippen LogP contribution in [0.25, 0.3) is 57.0 Å². The highest BCUT2D eigenvalue weighted by Crippen LogP contribution is 2.31. The van der Waals surface area contributed by atoms with Gasteiger partial charge in [-0.2, -0.15) is 0 Å². The van der Waals surface area contributed by atoms with E-state index in [0.717, 1.165) is 12.8 Å². The summed E-state index contributed by atoms with van der Waals surface area (Å²) >= 11 is 0. The van der Waals surface area contributed by atoms with Crippen LogP contribution < -0.4 is 0 Å². The molecule has 0 radical (unpaired) electrons. The molecule has 0 heteroatoms. The van der Waals surface area contributed by atoms with Gasteiger partial charge in [-0.25, -0.2) is 0 Å². The van der Waals surface area contributed by atoms with E-state index in [1.165, 1.54) is 88.3 Å². The summed E-state index contributed by atoms with van der Waals surface area (Å²) in [5.74, 6) is 0. The summed E-state index contributed by atoms with van der Waals surface area (Å²) in [4.78, 5) is 0. The molecular formula is C58H44. The van der Waals surface area contributed by atoms with Crippen LogP contribution in [0.5, 0.6) is 0 Å². The van der Waals surface area contributed by atoms with E-state index in [2.05, 4.69) is 243 Å². The lowest BCUT2D eigenvalue weighted by atomic mass is 9.93. The lowest BCUT2D eigenvalue weighted by Gasteiger charge is -2.11. The van der Waals surface area contributed by atoms with Crippen LogP contribution in [-0.4, -0.2) is 0 Å². The first kappa shape index (κ1) is 36.4. The number of fused-ring (bicyclic) bond motifs is 2. The monoisotopic (exact) mass is 740 g/mol. The maximum atomic E-state index is 2.30. The number of hydrogen-bond acceptors (Lipinski definition) is 0. The average Bonchev–Trinajstić information content (AvgIpc) is 3.30. The minimum Gasteiger partial charge on any atom is -0.0622 e. The molecule has 0 spiro atoms. The third kappa shape index (κ3) is 8.73. The zero-order valence-electron chi connectivity index (χ0n) is 32.5. The average molecular weight is 741 g/mol. The fourth-order valence-corrected chi connectivity index (χ4v) is 7.71. The van der Waals surface area contributed by atoms with E-state index in [9.17, 15) is 0 Å². The van der Waals surface area contributed by atoms with Crippen LogP contribution in [-0.2, 0) is 0 Å². The van der Waals surface area contributed by atoms with Crippen molar-refractivity contribution in [3.05, 3.63) is 274 Å². The number of hydrogen-bond donors (Lipinski definition) is 0. The van der Waals surface area contributed by atoms with Crippen molar-refractivity contribution < 1.29 is 0 Å². The smallest absolute Gasteiger partial charge is 0.0105 e. The number of rotatable bonds is 10. The Morgan fingerprint density at radius 2 is 0.655 bits per heavy atom. The lowest BCUT2D eigenvalue weighted by molar-refractivity contribution is 0.954. The molecule has 0 aromatic heterocycles. The summed E-state index contributed by atoms with van der Waals surface area (Å²) in [6.07, 6.45) is 20.2. The Balaban J connectivity index is 0.865. The molecule has 8 aromatic carbocycles. The molecule has 0 saturated heterocycles. The molecule has 0 bridgehead atoms. The standard InChI is InChI=1S/C58H44/c1-3-13-51(14-4-1)57(55-37-35-49-11-7-9-17-53(49)41-55)39-47-31-27-45(28-32-47)25-23-43-19-21-44(22-20-43)24-26-46-29-33-48(34-30-46)40-58(52-15-5-2-6-16-52)56-38-36-50-12-8-10-18-54(50)42-56/h1-19,21,23-42H,20,22H2. The van der Waals surface area contributed by atoms with Crippen molar-refractivity contribution in [2.45, 2.75) is 12.8 Å². The second-order valence-corrected chi connectivity index (χ2v) is 15.0. The van der Waals surface area contributed by atoms with Crippen molar-refractivity contribution in [1.29, 1.82) is 0 Å². The topological polar surface area (TPSA) is 0 Å². The van der Waals surface area contributed by atoms with Gasteiger partial charge in [0, 0.05) is 0 Å². The van der Waals surface area contributed by atoms with Gasteiger partial charge in [-0.3, -0.25) is 0 Å². The Bertz CT molecular complexity index is 2670. The van der Waals surface area contributed by atoms with Crippen LogP contribution in [0.2, 0.25) is 0 Å². The van der Waals surface area contributed by atoms with Crippen molar-refractivity contribution in [3.63, 3.8) is 0 Å². The van der Waals surface area contributed by atoms with Crippen molar-refractivity contribution in [3.8, 4) is 0 Å². The molecule has 1 aliphatic rings. The summed E-state index contributed by atoms with van der Waals surface area (Å²) in [5.41, 5.74) is 14.8. The van der Waals surface area contributed by atoms with Crippen LogP contribution in [0.3, 0.4) is 0 Å². The Hall–Kier alpha value is -7.28. The minimum atomic E-state index is 1.03. The second kappa shape index (κ2) is 17.2. The van der Waals surface area contributed by atoms with E-state index in [0.29, 0.717) is 0 Å². The molecule has 0 amide bonds. The molecule has 0 unspecified atom stereocenters. The first-order chi connectivity index (χ1) is 28.7. The molecular weight excluding hydrogens is 697 g/mol.